The molecule has 0 aliphatic rings. The second-order valence-electron chi connectivity index (χ2n) is 7.93. The van der Waals surface area contributed by atoms with Gasteiger partial charge in [0.15, 0.2) is 0 Å². The van der Waals surface area contributed by atoms with E-state index in [0.29, 0.717) is 46.8 Å². The van der Waals surface area contributed by atoms with E-state index >= 15 is 0 Å². The third kappa shape index (κ3) is 7.79. The Balaban J connectivity index is 1.90. The Bertz CT molecular complexity index is 1270. The maximum atomic E-state index is 13.6. The highest BCUT2D eigenvalue weighted by atomic mass is 35.5. The van der Waals surface area contributed by atoms with Gasteiger partial charge in [-0.25, -0.2) is 19.2 Å². The van der Waals surface area contributed by atoms with E-state index in [1.807, 2.05) is 19.0 Å². The molecular weight excluding hydrogens is 491 g/mol. The van der Waals surface area contributed by atoms with Crippen molar-refractivity contribution in [2.45, 2.75) is 6.42 Å². The molecule has 190 valence electrons. The molecule has 12 heteroatoms. The van der Waals surface area contributed by atoms with Gasteiger partial charge in [-0.15, -0.1) is 0 Å². The van der Waals surface area contributed by atoms with Crippen LogP contribution in [-0.4, -0.2) is 65.8 Å². The third-order valence-electron chi connectivity index (χ3n) is 4.77. The number of aromatic nitrogens is 2. The summed E-state index contributed by atoms with van der Waals surface area (Å²) in [7, 11) is 3.78. The molecule has 0 atom stereocenters. The quantitative estimate of drug-likeness (QED) is 0.220. The Morgan fingerprint density at radius 2 is 2.03 bits per heavy atom. The summed E-state index contributed by atoms with van der Waals surface area (Å²) < 4.78 is 19.4. The molecule has 10 nitrogen and oxygen atoms in total. The molecular formula is C24H26ClFN6O4. The van der Waals surface area contributed by atoms with E-state index in [-0.39, 0.29) is 24.1 Å². The highest BCUT2D eigenvalue weighted by Gasteiger charge is 2.14. The van der Waals surface area contributed by atoms with Crippen molar-refractivity contribution in [3.63, 3.8) is 0 Å². The lowest BCUT2D eigenvalue weighted by Gasteiger charge is -2.15. The minimum Gasteiger partial charge on any atom is -0.491 e. The van der Waals surface area contributed by atoms with Gasteiger partial charge >= 0.3 is 6.09 Å². The predicted molar refractivity (Wildman–Crippen MR) is 137 cm³/mol. The lowest BCUT2D eigenvalue weighted by atomic mass is 10.1. The maximum Gasteiger partial charge on any atom is 0.404 e. The number of carboxylic acid groups (broad SMARTS) is 1. The third-order valence-corrected chi connectivity index (χ3v) is 5.06. The monoisotopic (exact) mass is 516 g/mol. The number of nitrogens with zero attached hydrogens (tertiary/aromatic N) is 3. The number of fused-ring (bicyclic) bond motifs is 1. The zero-order valence-corrected chi connectivity index (χ0v) is 20.5. The smallest absolute Gasteiger partial charge is 0.404 e. The average Bonchev–Trinajstić information content (AvgIpc) is 2.81. The number of benzene rings is 2. The number of ether oxygens (including phenoxy) is 1. The number of nitrogens with one attached hydrogen (secondary N) is 3. The summed E-state index contributed by atoms with van der Waals surface area (Å²) in [5, 5.41) is 17.4. The van der Waals surface area contributed by atoms with E-state index in [1.54, 1.807) is 18.2 Å². The molecule has 0 fully saturated rings. The molecule has 1 aromatic heterocycles. The van der Waals surface area contributed by atoms with Crippen LogP contribution in [0, 0.1) is 5.82 Å². The van der Waals surface area contributed by atoms with Crippen LogP contribution in [0.3, 0.4) is 0 Å². The summed E-state index contributed by atoms with van der Waals surface area (Å²) in [6.45, 7) is 1.01. The van der Waals surface area contributed by atoms with Crippen molar-refractivity contribution in [2.24, 2.45) is 0 Å². The van der Waals surface area contributed by atoms with E-state index in [4.69, 9.17) is 21.4 Å². The van der Waals surface area contributed by atoms with Crippen LogP contribution in [0.2, 0.25) is 5.02 Å². The standard InChI is InChI=1S/C24H26ClFN6O4/c1-32(2)9-3-5-22(33)31-20-12-16-19(13-21(20)36-10-4-8-27-24(34)35)28-14-29-23(16)30-15-6-7-18(26)17(25)11-15/h3,5-7,11-14,27H,4,8-10H2,1-2H3,(H,31,33)(H,34,35)(H,28,29,30). The van der Waals surface area contributed by atoms with Crippen LogP contribution in [0.15, 0.2) is 48.8 Å². The SMILES string of the molecule is CN(C)CC=CC(=O)Nc1cc2c(Nc3ccc(F)c(Cl)c3)ncnc2cc1OCCCNC(=O)O. The zero-order chi connectivity index (χ0) is 26.1. The predicted octanol–water partition coefficient (Wildman–Crippen LogP) is 4.26. The van der Waals surface area contributed by atoms with Gasteiger partial charge in [-0.05, 0) is 44.8 Å². The van der Waals surface area contributed by atoms with Crippen molar-refractivity contribution >= 4 is 51.7 Å². The summed E-state index contributed by atoms with van der Waals surface area (Å²) in [5.74, 6) is -0.118. The van der Waals surface area contributed by atoms with E-state index in [9.17, 15) is 14.0 Å². The number of carbonyl (C=O) groups excluding carboxylic acids is 1. The Morgan fingerprint density at radius 1 is 1.22 bits per heavy atom. The molecule has 1 heterocycles. The molecule has 0 unspecified atom stereocenters. The van der Waals surface area contributed by atoms with Crippen LogP contribution >= 0.6 is 11.6 Å². The van der Waals surface area contributed by atoms with Crippen LogP contribution in [0.5, 0.6) is 5.75 Å². The van der Waals surface area contributed by atoms with Gasteiger partial charge in [0.1, 0.15) is 23.7 Å². The molecule has 2 aromatic carbocycles. The molecule has 0 aliphatic carbocycles. The fraction of sp³-hybridized carbons (Fsp3) is 0.250. The molecule has 2 amide bonds. The average molecular weight is 517 g/mol. The largest absolute Gasteiger partial charge is 0.491 e. The molecule has 0 aliphatic heterocycles. The second-order valence-corrected chi connectivity index (χ2v) is 8.34. The molecule has 0 saturated carbocycles. The highest BCUT2D eigenvalue weighted by molar-refractivity contribution is 6.31. The van der Waals surface area contributed by atoms with E-state index in [1.165, 1.54) is 30.6 Å². The molecule has 0 saturated heterocycles. The minimum absolute atomic E-state index is 0.0381. The number of carbonyl (C=O) groups is 2. The highest BCUT2D eigenvalue weighted by Crippen LogP contribution is 2.34. The summed E-state index contributed by atoms with van der Waals surface area (Å²) in [4.78, 5) is 33.6. The fourth-order valence-electron chi connectivity index (χ4n) is 3.11. The van der Waals surface area contributed by atoms with Crippen molar-refractivity contribution < 1.29 is 23.8 Å². The summed E-state index contributed by atoms with van der Waals surface area (Å²) in [5.41, 5.74) is 1.42. The van der Waals surface area contributed by atoms with Gasteiger partial charge in [0.25, 0.3) is 0 Å². The fourth-order valence-corrected chi connectivity index (χ4v) is 3.29. The summed E-state index contributed by atoms with van der Waals surface area (Å²) in [6, 6.07) is 7.53. The van der Waals surface area contributed by atoms with Crippen LogP contribution in [0.4, 0.5) is 26.4 Å². The number of hydrogen-bond donors (Lipinski definition) is 4. The van der Waals surface area contributed by atoms with Gasteiger partial charge in [0.2, 0.25) is 5.91 Å². The number of rotatable bonds is 11. The lowest BCUT2D eigenvalue weighted by Crippen LogP contribution is -2.23. The first-order valence-corrected chi connectivity index (χ1v) is 11.3. The molecule has 0 spiro atoms. The first-order valence-electron chi connectivity index (χ1n) is 11.0. The molecule has 3 rings (SSSR count). The second kappa shape index (κ2) is 12.7. The topological polar surface area (TPSA) is 129 Å². The van der Waals surface area contributed by atoms with Crippen LogP contribution in [0.1, 0.15) is 6.42 Å². The first-order chi connectivity index (χ1) is 17.2. The molecule has 4 N–H and O–H groups in total. The minimum atomic E-state index is -1.11. The molecule has 36 heavy (non-hydrogen) atoms. The van der Waals surface area contributed by atoms with Crippen LogP contribution < -0.4 is 20.7 Å². The molecule has 0 bridgehead atoms. The van der Waals surface area contributed by atoms with E-state index < -0.39 is 11.9 Å². The number of hydrogen-bond acceptors (Lipinski definition) is 7. The Labute approximate surface area is 212 Å². The molecule has 3 aromatic rings. The normalized spacial score (nSPS) is 11.1. The van der Waals surface area contributed by atoms with Crippen LogP contribution in [-0.2, 0) is 4.79 Å². The van der Waals surface area contributed by atoms with E-state index in [2.05, 4.69) is 25.9 Å². The van der Waals surface area contributed by atoms with Gasteiger partial charge in [-0.1, -0.05) is 17.7 Å². The van der Waals surface area contributed by atoms with Crippen molar-refractivity contribution in [3.05, 3.63) is 59.7 Å². The summed E-state index contributed by atoms with van der Waals surface area (Å²) >= 11 is 5.89. The first kappa shape index (κ1) is 26.6. The van der Waals surface area contributed by atoms with Gasteiger partial charge in [-0.2, -0.15) is 0 Å². The summed E-state index contributed by atoms with van der Waals surface area (Å²) in [6.07, 6.45) is 3.81. The van der Waals surface area contributed by atoms with Crippen molar-refractivity contribution in [3.8, 4) is 5.75 Å². The van der Waals surface area contributed by atoms with Crippen molar-refractivity contribution in [2.75, 3.05) is 44.4 Å². The van der Waals surface area contributed by atoms with Crippen LogP contribution in [0.25, 0.3) is 10.9 Å². The van der Waals surface area contributed by atoms with Gasteiger partial charge in [0, 0.05) is 36.3 Å². The van der Waals surface area contributed by atoms with Gasteiger partial charge < -0.3 is 30.7 Å². The Kier molecular flexibility index (Phi) is 9.37. The number of halogens is 2. The maximum absolute atomic E-state index is 13.6. The van der Waals surface area contributed by atoms with Crippen molar-refractivity contribution in [1.29, 1.82) is 0 Å². The number of anilines is 3. The Hall–Kier alpha value is -3.96. The van der Waals surface area contributed by atoms with E-state index in [0.717, 1.165) is 0 Å². The lowest BCUT2D eigenvalue weighted by molar-refractivity contribution is -0.111. The zero-order valence-electron chi connectivity index (χ0n) is 19.7. The van der Waals surface area contributed by atoms with Gasteiger partial charge in [-0.3, -0.25) is 4.79 Å². The Morgan fingerprint density at radius 3 is 2.75 bits per heavy atom. The van der Waals surface area contributed by atoms with Crippen molar-refractivity contribution in [1.82, 2.24) is 20.2 Å². The van der Waals surface area contributed by atoms with Gasteiger partial charge in [0.05, 0.1) is 22.8 Å². The number of amides is 2. The number of likely N-dealkylation sites (N-methyl/N-ethyl adjacent to an activating group) is 1. The molecule has 0 radical (unpaired) electrons.